The maximum absolute atomic E-state index is 4.66. The molecule has 3 heteroatoms. The second-order valence-corrected chi connectivity index (χ2v) is 5.57. The summed E-state index contributed by atoms with van der Waals surface area (Å²) in [5, 5.41) is 3.31. The van der Waals surface area contributed by atoms with Crippen LogP contribution in [0.4, 0.5) is 11.4 Å². The minimum Gasteiger partial charge on any atom is -0.340 e. The van der Waals surface area contributed by atoms with E-state index in [9.17, 15) is 0 Å². The van der Waals surface area contributed by atoms with Crippen molar-refractivity contribution in [2.45, 2.75) is 32.2 Å². The molecule has 2 heterocycles. The second-order valence-electron chi connectivity index (χ2n) is 5.57. The molecule has 0 spiro atoms. The molecule has 3 nitrogen and oxygen atoms in total. The Morgan fingerprint density at radius 3 is 2.81 bits per heavy atom. The zero-order valence-corrected chi connectivity index (χ0v) is 12.8. The van der Waals surface area contributed by atoms with Gasteiger partial charge in [0.05, 0.1) is 17.6 Å². The zero-order valence-electron chi connectivity index (χ0n) is 12.8. The first-order valence-corrected chi connectivity index (χ1v) is 7.82. The number of pyridine rings is 1. The van der Waals surface area contributed by atoms with Gasteiger partial charge in [0.25, 0.3) is 0 Å². The van der Waals surface area contributed by atoms with E-state index < -0.39 is 0 Å². The number of aromatic nitrogens is 1. The summed E-state index contributed by atoms with van der Waals surface area (Å²) in [4.78, 5) is 7.05. The van der Waals surface area contributed by atoms with E-state index in [2.05, 4.69) is 58.5 Å². The van der Waals surface area contributed by atoms with Gasteiger partial charge in [0.2, 0.25) is 0 Å². The highest BCUT2D eigenvalue weighted by Gasteiger charge is 2.18. The van der Waals surface area contributed by atoms with Crippen molar-refractivity contribution in [1.29, 1.82) is 0 Å². The molecule has 0 bridgehead atoms. The van der Waals surface area contributed by atoms with Crippen LogP contribution in [-0.4, -0.2) is 18.6 Å². The molecular formula is C18H23N3. The van der Waals surface area contributed by atoms with Gasteiger partial charge in [-0.25, -0.2) is 0 Å². The number of anilines is 2. The van der Waals surface area contributed by atoms with E-state index >= 15 is 0 Å². The fourth-order valence-electron chi connectivity index (χ4n) is 3.13. The van der Waals surface area contributed by atoms with Crippen LogP contribution in [0.3, 0.4) is 0 Å². The van der Waals surface area contributed by atoms with Crippen molar-refractivity contribution in [2.24, 2.45) is 0 Å². The highest BCUT2D eigenvalue weighted by molar-refractivity contribution is 5.67. The van der Waals surface area contributed by atoms with Gasteiger partial charge in [0.1, 0.15) is 0 Å². The summed E-state index contributed by atoms with van der Waals surface area (Å²) in [5.74, 6) is 0. The van der Waals surface area contributed by atoms with Crippen molar-refractivity contribution >= 4 is 11.4 Å². The summed E-state index contributed by atoms with van der Waals surface area (Å²) in [6.07, 6.45) is 5.44. The standard InChI is InChI=1S/C18H23N3/c1-3-16(19-2)17-11-10-15(13-20-17)21-12-6-8-14-7-4-5-9-18(14)21/h4-5,7,9-11,13,16,19H,3,6,8,12H2,1-2H3. The van der Waals surface area contributed by atoms with E-state index in [-0.39, 0.29) is 0 Å². The number of para-hydroxylation sites is 1. The van der Waals surface area contributed by atoms with Gasteiger partial charge in [-0.1, -0.05) is 25.1 Å². The molecule has 0 saturated carbocycles. The van der Waals surface area contributed by atoms with E-state index in [0.717, 1.165) is 18.7 Å². The molecule has 1 atom stereocenters. The lowest BCUT2D eigenvalue weighted by Gasteiger charge is -2.31. The van der Waals surface area contributed by atoms with Gasteiger partial charge in [-0.05, 0) is 50.1 Å². The Kier molecular flexibility index (Phi) is 4.20. The Morgan fingerprint density at radius 1 is 1.24 bits per heavy atom. The Morgan fingerprint density at radius 2 is 2.10 bits per heavy atom. The Labute approximate surface area is 127 Å². The predicted octanol–water partition coefficient (Wildman–Crippen LogP) is 3.84. The van der Waals surface area contributed by atoms with Crippen molar-refractivity contribution in [3.8, 4) is 0 Å². The summed E-state index contributed by atoms with van der Waals surface area (Å²) < 4.78 is 0. The number of nitrogens with one attached hydrogen (secondary N) is 1. The normalized spacial score (nSPS) is 15.6. The molecule has 3 rings (SSSR count). The summed E-state index contributed by atoms with van der Waals surface area (Å²) in [7, 11) is 1.99. The van der Waals surface area contributed by atoms with Crippen LogP contribution in [0.5, 0.6) is 0 Å². The van der Waals surface area contributed by atoms with Crippen LogP contribution >= 0.6 is 0 Å². The zero-order chi connectivity index (χ0) is 14.7. The highest BCUT2D eigenvalue weighted by atomic mass is 15.1. The molecule has 1 aromatic heterocycles. The molecule has 1 unspecified atom stereocenters. The van der Waals surface area contributed by atoms with Crippen LogP contribution < -0.4 is 10.2 Å². The average molecular weight is 281 g/mol. The molecular weight excluding hydrogens is 258 g/mol. The number of hydrogen-bond acceptors (Lipinski definition) is 3. The van der Waals surface area contributed by atoms with Crippen LogP contribution in [0.1, 0.15) is 37.1 Å². The van der Waals surface area contributed by atoms with Gasteiger partial charge in [-0.2, -0.15) is 0 Å². The van der Waals surface area contributed by atoms with E-state index in [1.807, 2.05) is 13.2 Å². The molecule has 2 aromatic rings. The average Bonchev–Trinajstić information content (AvgIpc) is 2.56. The largest absolute Gasteiger partial charge is 0.340 e. The lowest BCUT2D eigenvalue weighted by molar-refractivity contribution is 0.561. The first kappa shape index (κ1) is 14.1. The van der Waals surface area contributed by atoms with E-state index in [1.165, 1.54) is 29.8 Å². The number of benzene rings is 1. The third-order valence-corrected chi connectivity index (χ3v) is 4.31. The molecule has 0 amide bonds. The lowest BCUT2D eigenvalue weighted by atomic mass is 10.0. The number of fused-ring (bicyclic) bond motifs is 1. The summed E-state index contributed by atoms with van der Waals surface area (Å²) >= 11 is 0. The van der Waals surface area contributed by atoms with Crippen LogP contribution in [-0.2, 0) is 6.42 Å². The second kappa shape index (κ2) is 6.27. The molecule has 110 valence electrons. The highest BCUT2D eigenvalue weighted by Crippen LogP contribution is 2.33. The van der Waals surface area contributed by atoms with E-state index in [4.69, 9.17) is 0 Å². The van der Waals surface area contributed by atoms with Crippen LogP contribution in [0, 0.1) is 0 Å². The van der Waals surface area contributed by atoms with Gasteiger partial charge in [0, 0.05) is 18.3 Å². The number of rotatable bonds is 4. The summed E-state index contributed by atoms with van der Waals surface area (Å²) in [6.45, 7) is 3.25. The van der Waals surface area contributed by atoms with Crippen molar-refractivity contribution < 1.29 is 0 Å². The van der Waals surface area contributed by atoms with E-state index in [1.54, 1.807) is 0 Å². The number of hydrogen-bond donors (Lipinski definition) is 1. The van der Waals surface area contributed by atoms with Gasteiger partial charge < -0.3 is 10.2 Å². The topological polar surface area (TPSA) is 28.2 Å². The molecule has 21 heavy (non-hydrogen) atoms. The van der Waals surface area contributed by atoms with Crippen molar-refractivity contribution in [3.05, 3.63) is 53.9 Å². The molecule has 1 aromatic carbocycles. The lowest BCUT2D eigenvalue weighted by Crippen LogP contribution is -2.24. The predicted molar refractivity (Wildman–Crippen MR) is 88.1 cm³/mol. The van der Waals surface area contributed by atoms with Crippen LogP contribution in [0.2, 0.25) is 0 Å². The fourth-order valence-corrected chi connectivity index (χ4v) is 3.13. The summed E-state index contributed by atoms with van der Waals surface area (Å²) in [6, 6.07) is 13.4. The number of nitrogens with zero attached hydrogens (tertiary/aromatic N) is 2. The minimum absolute atomic E-state index is 0.340. The number of aryl methyl sites for hydroxylation is 1. The van der Waals surface area contributed by atoms with Crippen LogP contribution in [0.15, 0.2) is 42.6 Å². The molecule has 0 saturated heterocycles. The Balaban J connectivity index is 1.88. The fraction of sp³-hybridized carbons (Fsp3) is 0.389. The smallest absolute Gasteiger partial charge is 0.0597 e. The molecule has 1 aliphatic rings. The van der Waals surface area contributed by atoms with Crippen LogP contribution in [0.25, 0.3) is 0 Å². The Hall–Kier alpha value is -1.87. The first-order valence-electron chi connectivity index (χ1n) is 7.82. The van der Waals surface area contributed by atoms with Gasteiger partial charge in [0.15, 0.2) is 0 Å². The molecule has 1 aliphatic heterocycles. The Bertz CT molecular complexity index is 588. The third kappa shape index (κ3) is 2.79. The maximum Gasteiger partial charge on any atom is 0.0597 e. The van der Waals surface area contributed by atoms with Crippen molar-refractivity contribution in [3.63, 3.8) is 0 Å². The quantitative estimate of drug-likeness (QED) is 0.923. The van der Waals surface area contributed by atoms with Crippen molar-refractivity contribution in [2.75, 3.05) is 18.5 Å². The SMILES string of the molecule is CCC(NC)c1ccc(N2CCCc3ccccc32)cn1. The van der Waals surface area contributed by atoms with Gasteiger partial charge >= 0.3 is 0 Å². The molecule has 0 fully saturated rings. The van der Waals surface area contributed by atoms with E-state index in [0.29, 0.717) is 6.04 Å². The minimum atomic E-state index is 0.340. The third-order valence-electron chi connectivity index (χ3n) is 4.31. The monoisotopic (exact) mass is 281 g/mol. The maximum atomic E-state index is 4.66. The first-order chi connectivity index (χ1) is 10.3. The summed E-state index contributed by atoms with van der Waals surface area (Å²) in [5.41, 5.74) is 5.08. The van der Waals surface area contributed by atoms with Crippen molar-refractivity contribution in [1.82, 2.24) is 10.3 Å². The molecule has 0 radical (unpaired) electrons. The molecule has 0 aliphatic carbocycles. The molecule has 1 N–H and O–H groups in total. The van der Waals surface area contributed by atoms with Gasteiger partial charge in [-0.3, -0.25) is 4.98 Å². The van der Waals surface area contributed by atoms with Gasteiger partial charge in [-0.15, -0.1) is 0 Å².